The Hall–Kier alpha value is -5.39. The first-order chi connectivity index (χ1) is 28.6. The molecule has 0 unspecified atom stereocenters. The van der Waals surface area contributed by atoms with E-state index in [1.54, 1.807) is 24.1 Å². The van der Waals surface area contributed by atoms with Gasteiger partial charge < -0.3 is 15.0 Å². The van der Waals surface area contributed by atoms with Crippen molar-refractivity contribution in [1.29, 1.82) is 0 Å². The number of aromatic nitrogens is 1. The van der Waals surface area contributed by atoms with Crippen molar-refractivity contribution in [3.05, 3.63) is 130 Å². The van der Waals surface area contributed by atoms with Gasteiger partial charge in [-0.25, -0.2) is 0 Å². The normalized spacial score (nSPS) is 15.1. The number of rotatable bonds is 11. The number of carbonyl (C=O) groups is 3. The molecular weight excluding hydrogens is 810 g/mol. The standard InChI is InChI=1S/C45H48N5O6Se.C2H6/c1-29-33(11-8-12-43(29)54-5)26-49(36-14-16-38(56-57)17-15-36)45(53)40-25-42(47(4)30(40)2)41-24-35(46-31(3)51)13-18-39(41)44(52)50-27-34-10-7-6-9-32(34)23-37(50)28-48-19-21-55-22-20-48;1-2/h6-18,24-25,37H,19-23,26-28H2,1-5H3,(H,46,51);1-2H3/t37-;/m0./s1. The van der Waals surface area contributed by atoms with Crippen LogP contribution in [0.1, 0.15) is 69.4 Å². The zero-order valence-electron chi connectivity index (χ0n) is 35.0. The summed E-state index contributed by atoms with van der Waals surface area (Å²) in [7, 11) is 3.54. The monoisotopic (exact) mass is 864 g/mol. The Morgan fingerprint density at radius 2 is 1.61 bits per heavy atom. The summed E-state index contributed by atoms with van der Waals surface area (Å²) in [4.78, 5) is 48.4. The van der Waals surface area contributed by atoms with Crippen LogP contribution in [0.3, 0.4) is 0 Å². The summed E-state index contributed by atoms with van der Waals surface area (Å²) in [6.07, 6.45) is 0.743. The molecule has 1 saturated heterocycles. The average Bonchev–Trinajstić information content (AvgIpc) is 3.56. The predicted molar refractivity (Wildman–Crippen MR) is 233 cm³/mol. The van der Waals surface area contributed by atoms with Gasteiger partial charge in [0.05, 0.1) is 13.2 Å². The summed E-state index contributed by atoms with van der Waals surface area (Å²) in [6, 6.07) is 28.7. The molecule has 5 aromatic rings. The summed E-state index contributed by atoms with van der Waals surface area (Å²) in [5.41, 5.74) is 8.51. The Balaban J connectivity index is 0.00000288. The quantitative estimate of drug-likeness (QED) is 0.137. The van der Waals surface area contributed by atoms with Crippen molar-refractivity contribution in [3.63, 3.8) is 0 Å². The summed E-state index contributed by atoms with van der Waals surface area (Å²) < 4.78 is 18.5. The van der Waals surface area contributed by atoms with Crippen molar-refractivity contribution in [1.82, 2.24) is 14.4 Å². The average molecular weight is 864 g/mol. The van der Waals surface area contributed by atoms with Crippen molar-refractivity contribution in [2.75, 3.05) is 50.2 Å². The van der Waals surface area contributed by atoms with E-state index >= 15 is 4.79 Å². The topological polar surface area (TPSA) is 106 Å². The molecule has 1 radical (unpaired) electrons. The summed E-state index contributed by atoms with van der Waals surface area (Å²) in [6.45, 7) is 13.8. The maximum absolute atomic E-state index is 15.0. The first-order valence-corrected chi connectivity index (χ1v) is 20.9. The third-order valence-electron chi connectivity index (χ3n) is 11.2. The number of amides is 3. The van der Waals surface area contributed by atoms with Crippen LogP contribution in [-0.4, -0.2) is 94.4 Å². The maximum atomic E-state index is 15.0. The van der Waals surface area contributed by atoms with Crippen LogP contribution in [0.15, 0.2) is 91.0 Å². The van der Waals surface area contributed by atoms with E-state index in [1.165, 1.54) is 12.5 Å². The van der Waals surface area contributed by atoms with Crippen LogP contribution in [0.25, 0.3) is 11.3 Å². The van der Waals surface area contributed by atoms with Gasteiger partial charge in [-0.2, -0.15) is 0 Å². The van der Waals surface area contributed by atoms with E-state index in [-0.39, 0.29) is 30.3 Å². The fourth-order valence-electron chi connectivity index (χ4n) is 7.95. The van der Waals surface area contributed by atoms with Crippen LogP contribution >= 0.6 is 0 Å². The molecule has 2 aliphatic rings. The molecule has 1 atom stereocenters. The molecule has 59 heavy (non-hydrogen) atoms. The van der Waals surface area contributed by atoms with Crippen molar-refractivity contribution < 1.29 is 27.7 Å². The van der Waals surface area contributed by atoms with E-state index in [0.29, 0.717) is 59.3 Å². The number of morpholine rings is 1. The number of hydrogen-bond donors (Lipinski definition) is 1. The van der Waals surface area contributed by atoms with Crippen LogP contribution in [0, 0.1) is 13.8 Å². The van der Waals surface area contributed by atoms with Gasteiger partial charge in [-0.15, -0.1) is 0 Å². The van der Waals surface area contributed by atoms with E-state index in [4.69, 9.17) is 13.3 Å². The van der Waals surface area contributed by atoms with Crippen molar-refractivity contribution in [3.8, 4) is 22.8 Å². The Bertz CT molecular complexity index is 2280. The third-order valence-corrected chi connectivity index (χ3v) is 11.6. The van der Waals surface area contributed by atoms with Crippen LogP contribution < -0.4 is 18.8 Å². The SMILES string of the molecule is CC.COc1cccc(CN(C(=O)c2cc(-c3cc(NC(C)=O)ccc3C(=O)N3Cc4ccccc4C[C@H]3CN3CCOCC3)n(C)c2C)c2ccc(O[Se])cc2)c1C. The van der Waals surface area contributed by atoms with Gasteiger partial charge in [0.15, 0.2) is 0 Å². The molecule has 2 aliphatic heterocycles. The van der Waals surface area contributed by atoms with Gasteiger partial charge in [0, 0.05) is 44.8 Å². The number of ether oxygens (including phenoxy) is 2. The van der Waals surface area contributed by atoms with Gasteiger partial charge in [0.1, 0.15) is 0 Å². The van der Waals surface area contributed by atoms with Crippen molar-refractivity contribution in [2.45, 2.75) is 60.2 Å². The second-order valence-electron chi connectivity index (χ2n) is 14.7. The molecule has 0 spiro atoms. The molecule has 3 amide bonds. The summed E-state index contributed by atoms with van der Waals surface area (Å²) in [5, 5.41) is 2.90. The molecule has 1 N–H and O–H groups in total. The second-order valence-corrected chi connectivity index (χ2v) is 15.1. The number of fused-ring (bicyclic) bond motifs is 1. The molecule has 1 fully saturated rings. The predicted octanol–water partition coefficient (Wildman–Crippen LogP) is 7.51. The summed E-state index contributed by atoms with van der Waals surface area (Å²) in [5.74, 6) is 0.825. The van der Waals surface area contributed by atoms with E-state index in [0.717, 1.165) is 54.2 Å². The zero-order chi connectivity index (χ0) is 42.2. The first-order valence-electron chi connectivity index (χ1n) is 20.2. The second kappa shape index (κ2) is 19.6. The molecule has 0 aliphatic carbocycles. The Labute approximate surface area is 356 Å². The Morgan fingerprint density at radius 1 is 0.898 bits per heavy atom. The summed E-state index contributed by atoms with van der Waals surface area (Å²) >= 11 is 2.57. The number of anilines is 2. The number of hydrogen-bond acceptors (Lipinski definition) is 7. The number of methoxy groups -OCH3 is 1. The van der Waals surface area contributed by atoms with Gasteiger partial charge in [-0.05, 0) is 29.7 Å². The number of nitrogens with one attached hydrogen (secondary N) is 1. The molecule has 0 saturated carbocycles. The molecule has 0 bridgehead atoms. The van der Waals surface area contributed by atoms with Gasteiger partial charge in [0.25, 0.3) is 5.91 Å². The third kappa shape index (κ3) is 9.58. The van der Waals surface area contributed by atoms with Gasteiger partial charge in [0.2, 0.25) is 5.91 Å². The van der Waals surface area contributed by atoms with E-state index in [9.17, 15) is 9.59 Å². The molecular formula is C47H54N5O6Se. The minimum absolute atomic E-state index is 0.0586. The minimum atomic E-state index is -0.224. The van der Waals surface area contributed by atoms with Crippen LogP contribution in [0.5, 0.6) is 11.5 Å². The first kappa shape index (κ1) is 43.2. The molecule has 1 aromatic heterocycles. The Morgan fingerprint density at radius 3 is 2.29 bits per heavy atom. The van der Waals surface area contributed by atoms with Crippen molar-refractivity contribution >= 4 is 45.4 Å². The van der Waals surface area contributed by atoms with Crippen molar-refractivity contribution in [2.24, 2.45) is 7.05 Å². The van der Waals surface area contributed by atoms with E-state index in [2.05, 4.69) is 44.8 Å². The number of carbonyl (C=O) groups excluding carboxylic acids is 3. The fraction of sp³-hybridized carbons (Fsp3) is 0.340. The number of benzene rings is 4. The van der Waals surface area contributed by atoms with Crippen LogP contribution in [-0.2, 0) is 36.1 Å². The molecule has 309 valence electrons. The van der Waals surface area contributed by atoms with Crippen LogP contribution in [0.4, 0.5) is 11.4 Å². The van der Waals surface area contributed by atoms with E-state index in [1.807, 2.05) is 105 Å². The molecule has 12 heteroatoms. The molecule has 11 nitrogen and oxygen atoms in total. The van der Waals surface area contributed by atoms with Crippen LogP contribution in [0.2, 0.25) is 0 Å². The Kier molecular flexibility index (Phi) is 14.3. The van der Waals surface area contributed by atoms with Gasteiger partial charge in [-0.3, -0.25) is 14.5 Å². The zero-order valence-corrected chi connectivity index (χ0v) is 36.8. The fourth-order valence-corrected chi connectivity index (χ4v) is 8.19. The van der Waals surface area contributed by atoms with E-state index < -0.39 is 0 Å². The van der Waals surface area contributed by atoms with Gasteiger partial charge >= 0.3 is 191 Å². The molecule has 3 heterocycles. The van der Waals surface area contributed by atoms with Gasteiger partial charge in [-0.1, -0.05) is 38.1 Å². The number of nitrogens with zero attached hydrogens (tertiary/aromatic N) is 4. The molecule has 4 aromatic carbocycles. The molecule has 7 rings (SSSR count).